The molecule has 0 aliphatic heterocycles. The van der Waals surface area contributed by atoms with Crippen LogP contribution in [-0.4, -0.2) is 18.8 Å². The molecule has 0 amide bonds. The molecule has 0 unspecified atom stereocenters. The van der Waals surface area contributed by atoms with E-state index >= 15 is 0 Å². The van der Waals surface area contributed by atoms with Crippen molar-refractivity contribution in [2.75, 3.05) is 6.79 Å². The van der Waals surface area contributed by atoms with E-state index in [0.29, 0.717) is 10.4 Å². The van der Waals surface area contributed by atoms with Gasteiger partial charge < -0.3 is 24.8 Å². The smallest absolute Gasteiger partial charge is 1.00 e. The second-order valence-electron chi connectivity index (χ2n) is 8.32. The van der Waals surface area contributed by atoms with E-state index in [-0.39, 0.29) is 24.8 Å². The van der Waals surface area contributed by atoms with Crippen LogP contribution in [0.4, 0.5) is 0 Å². The molecule has 0 fully saturated rings. The largest absolute Gasteiger partial charge is 1.00 e. The van der Waals surface area contributed by atoms with Crippen LogP contribution in [0.1, 0.15) is 28.1 Å². The maximum Gasteiger partial charge on any atom is -1.00 e. The zero-order valence-corrected chi connectivity index (χ0v) is 22.9. The van der Waals surface area contributed by atoms with Gasteiger partial charge in [0.1, 0.15) is 0 Å². The van der Waals surface area contributed by atoms with Crippen molar-refractivity contribution in [3.05, 3.63) is 80.9 Å². The SMILES string of the molecule is C[CH]=[Zr+2]([C]1=C(OCO[Si](C)(C)C)C=CC1)[CH]1c2ccccc2-c2ccccc21.[Cl-].[Cl-]. The molecule has 0 atom stereocenters. The van der Waals surface area contributed by atoms with E-state index in [1.54, 1.807) is 3.28 Å². The molecule has 0 heterocycles. The van der Waals surface area contributed by atoms with Crippen LogP contribution < -0.4 is 24.8 Å². The van der Waals surface area contributed by atoms with Gasteiger partial charge in [0.05, 0.1) is 0 Å². The zero-order chi connectivity index (χ0) is 19.7. The molecule has 0 spiro atoms. The second-order valence-corrected chi connectivity index (χ2v) is 19.4. The molecule has 158 valence electrons. The van der Waals surface area contributed by atoms with Crippen LogP contribution in [0.25, 0.3) is 11.1 Å². The fourth-order valence-corrected chi connectivity index (χ4v) is 11.9. The van der Waals surface area contributed by atoms with E-state index in [4.69, 9.17) is 9.16 Å². The van der Waals surface area contributed by atoms with Gasteiger partial charge >= 0.3 is 178 Å². The normalized spacial score (nSPS) is 14.8. The van der Waals surface area contributed by atoms with Crippen molar-refractivity contribution < 1.29 is 55.2 Å². The van der Waals surface area contributed by atoms with E-state index in [1.165, 1.54) is 22.3 Å². The maximum atomic E-state index is 6.14. The Kier molecular flexibility index (Phi) is 9.09. The number of fused-ring (bicyclic) bond motifs is 3. The fraction of sp³-hybridized carbons (Fsp3) is 0.292. The van der Waals surface area contributed by atoms with Crippen molar-refractivity contribution in [2.24, 2.45) is 0 Å². The van der Waals surface area contributed by atoms with Gasteiger partial charge in [-0.1, -0.05) is 0 Å². The summed E-state index contributed by atoms with van der Waals surface area (Å²) in [5, 5.41) is 0. The molecule has 2 aliphatic rings. The molecule has 0 saturated heterocycles. The number of rotatable bonds is 6. The van der Waals surface area contributed by atoms with Crippen molar-refractivity contribution in [2.45, 2.75) is 36.6 Å². The number of hydrogen-bond acceptors (Lipinski definition) is 2. The monoisotopic (exact) mass is 536 g/mol. The first-order chi connectivity index (χ1) is 13.5. The third-order valence-corrected chi connectivity index (χ3v) is 13.8. The van der Waals surface area contributed by atoms with Crippen molar-refractivity contribution in [1.82, 2.24) is 0 Å². The topological polar surface area (TPSA) is 18.5 Å². The number of hydrogen-bond donors (Lipinski definition) is 0. The number of allylic oxidation sites excluding steroid dienone is 3. The van der Waals surface area contributed by atoms with Gasteiger partial charge in [-0.3, -0.25) is 0 Å². The first-order valence-electron chi connectivity index (χ1n) is 10.0. The summed E-state index contributed by atoms with van der Waals surface area (Å²) in [5.74, 6) is 1.08. The van der Waals surface area contributed by atoms with Gasteiger partial charge in [-0.25, -0.2) is 0 Å². The van der Waals surface area contributed by atoms with E-state index in [0.717, 1.165) is 12.2 Å². The summed E-state index contributed by atoms with van der Waals surface area (Å²) in [5.41, 5.74) is 5.85. The molecule has 0 N–H and O–H groups in total. The summed E-state index contributed by atoms with van der Waals surface area (Å²) in [6.07, 6.45) is 5.46. The molecular formula is C24H28Cl2O2SiZr. The van der Waals surface area contributed by atoms with Gasteiger partial charge in [-0.15, -0.1) is 0 Å². The van der Waals surface area contributed by atoms with Crippen LogP contribution in [0.3, 0.4) is 0 Å². The van der Waals surface area contributed by atoms with E-state index < -0.39 is 29.6 Å². The standard InChI is InChI=1S/C13H9.C9H15O2Si.C2H4.2ClH.Zr/c1-3-7-12-10(5-1)9-11-6-2-4-8-13(11)12;1-12(2,3)11-8-10-9-6-4-5-7-9;1-2;;;/h1-9H;4,6H,5,8H2,1-3H3;1H,2H3;2*1H;/q;;;;;+2/p-2. The van der Waals surface area contributed by atoms with Crippen molar-refractivity contribution >= 4 is 12.0 Å². The molecule has 2 aliphatic carbocycles. The average molecular weight is 539 g/mol. The fourth-order valence-electron chi connectivity index (χ4n) is 4.16. The van der Waals surface area contributed by atoms with E-state index in [1.807, 2.05) is 0 Å². The predicted molar refractivity (Wildman–Crippen MR) is 117 cm³/mol. The van der Waals surface area contributed by atoms with E-state index in [9.17, 15) is 0 Å². The molecule has 0 bridgehead atoms. The van der Waals surface area contributed by atoms with Gasteiger partial charge in [0.2, 0.25) is 0 Å². The third kappa shape index (κ3) is 5.16. The van der Waals surface area contributed by atoms with Crippen LogP contribution in [0.5, 0.6) is 0 Å². The van der Waals surface area contributed by atoms with Crippen molar-refractivity contribution in [3.8, 4) is 11.1 Å². The molecule has 2 nitrogen and oxygen atoms in total. The van der Waals surface area contributed by atoms with Crippen LogP contribution in [0.15, 0.2) is 69.7 Å². The Balaban J connectivity index is 0.00000160. The number of halogens is 2. The Bertz CT molecular complexity index is 947. The minimum atomic E-state index is -2.13. The van der Waals surface area contributed by atoms with Gasteiger partial charge in [-0.2, -0.15) is 0 Å². The van der Waals surface area contributed by atoms with Crippen LogP contribution >= 0.6 is 0 Å². The molecule has 2 aromatic carbocycles. The van der Waals surface area contributed by atoms with Crippen molar-refractivity contribution in [1.29, 1.82) is 0 Å². The Morgan fingerprint density at radius 2 is 1.53 bits per heavy atom. The van der Waals surface area contributed by atoms with Crippen molar-refractivity contribution in [3.63, 3.8) is 0 Å². The summed E-state index contributed by atoms with van der Waals surface area (Å²) in [4.78, 5) is 0. The van der Waals surface area contributed by atoms with Crippen LogP contribution in [-0.2, 0) is 30.4 Å². The van der Waals surface area contributed by atoms with Crippen LogP contribution in [0, 0.1) is 0 Å². The predicted octanol–water partition coefficient (Wildman–Crippen LogP) is 0.202. The number of benzene rings is 2. The maximum absolute atomic E-state index is 6.14. The molecule has 2 aromatic rings. The first-order valence-corrected chi connectivity index (χ1v) is 17.5. The molecule has 0 saturated carbocycles. The minimum Gasteiger partial charge on any atom is -1.00 e. The first kappa shape index (κ1) is 25.5. The summed E-state index contributed by atoms with van der Waals surface area (Å²) < 4.78 is 16.7. The quantitative estimate of drug-likeness (QED) is 0.387. The van der Waals surface area contributed by atoms with Crippen LogP contribution in [0.2, 0.25) is 19.6 Å². The minimum absolute atomic E-state index is 0. The Morgan fingerprint density at radius 1 is 0.967 bits per heavy atom. The molecule has 0 radical (unpaired) electrons. The zero-order valence-electron chi connectivity index (χ0n) is 17.9. The summed E-state index contributed by atoms with van der Waals surface area (Å²) in [7, 11) is -1.57. The Labute approximate surface area is 201 Å². The van der Waals surface area contributed by atoms with E-state index in [2.05, 4.69) is 91.0 Å². The number of ether oxygens (including phenoxy) is 1. The molecular weight excluding hydrogens is 510 g/mol. The molecule has 0 aromatic heterocycles. The third-order valence-electron chi connectivity index (χ3n) is 5.40. The molecule has 6 heteroatoms. The molecule has 4 rings (SSSR count). The second kappa shape index (κ2) is 10.7. The average Bonchev–Trinajstić information content (AvgIpc) is 3.26. The van der Waals surface area contributed by atoms with Gasteiger partial charge in [0, 0.05) is 0 Å². The Hall–Kier alpha value is -0.770. The summed E-state index contributed by atoms with van der Waals surface area (Å²) in [6.45, 7) is 9.23. The van der Waals surface area contributed by atoms with Gasteiger partial charge in [0.25, 0.3) is 0 Å². The summed E-state index contributed by atoms with van der Waals surface area (Å²) in [6, 6.07) is 17.9. The summed E-state index contributed by atoms with van der Waals surface area (Å²) >= 11 is -2.13. The van der Waals surface area contributed by atoms with Gasteiger partial charge in [0.15, 0.2) is 0 Å². The molecule has 30 heavy (non-hydrogen) atoms. The van der Waals surface area contributed by atoms with Gasteiger partial charge in [-0.05, 0) is 0 Å². The Morgan fingerprint density at radius 3 is 2.07 bits per heavy atom.